The smallest absolute Gasteiger partial charge is 0.324 e. The van der Waals surface area contributed by atoms with E-state index in [9.17, 15) is 9.59 Å². The molecule has 0 aromatic rings. The number of carbonyl (C=O) groups excluding carboxylic acids is 2. The molecule has 2 unspecified atom stereocenters. The van der Waals surface area contributed by atoms with Gasteiger partial charge in [0, 0.05) is 39.3 Å². The standard InChI is InChI=1S/C18H32N6O4/c1-3-21-15-16(24(17(21)25)14-20-7-11-28-12-8-20)22(4-2)18(26)23(15)13-19-5-9-27-10-6-19/h15-16H,3-14H2,1-2H3. The largest absolute Gasteiger partial charge is 0.379 e. The minimum Gasteiger partial charge on any atom is -0.379 e. The molecule has 0 N–H and O–H groups in total. The number of amides is 4. The van der Waals surface area contributed by atoms with E-state index < -0.39 is 0 Å². The van der Waals surface area contributed by atoms with E-state index in [1.807, 2.05) is 33.4 Å². The minimum absolute atomic E-state index is 0.0157. The fraction of sp³-hybridized carbons (Fsp3) is 0.889. The maximum absolute atomic E-state index is 13.2. The number of likely N-dealkylation sites (N-methyl/N-ethyl adjacent to an activating group) is 2. The number of urea groups is 2. The second-order valence-electron chi connectivity index (χ2n) is 7.65. The normalized spacial score (nSPS) is 29.9. The van der Waals surface area contributed by atoms with Crippen LogP contribution >= 0.6 is 0 Å². The molecule has 4 aliphatic heterocycles. The van der Waals surface area contributed by atoms with Crippen LogP contribution in [-0.4, -0.2) is 133 Å². The van der Waals surface area contributed by atoms with Crippen molar-refractivity contribution in [1.82, 2.24) is 29.4 Å². The molecule has 10 heteroatoms. The molecule has 4 fully saturated rings. The SMILES string of the molecule is CCN1C(=O)N(CN2CCOCC2)C2C1N(CN1CCOCC1)C(=O)N2CC. The van der Waals surface area contributed by atoms with Crippen molar-refractivity contribution in [2.45, 2.75) is 26.2 Å². The summed E-state index contributed by atoms with van der Waals surface area (Å²) in [5.41, 5.74) is 0. The molecule has 158 valence electrons. The summed E-state index contributed by atoms with van der Waals surface area (Å²) >= 11 is 0. The van der Waals surface area contributed by atoms with Crippen LogP contribution in [0.4, 0.5) is 9.59 Å². The summed E-state index contributed by atoms with van der Waals surface area (Å²) in [6, 6.07) is 0.0313. The van der Waals surface area contributed by atoms with Crippen molar-refractivity contribution in [1.29, 1.82) is 0 Å². The number of fused-ring (bicyclic) bond motifs is 1. The highest BCUT2D eigenvalue weighted by Gasteiger charge is 2.58. The lowest BCUT2D eigenvalue weighted by molar-refractivity contribution is -0.00234. The number of morpholine rings is 2. The summed E-state index contributed by atoms with van der Waals surface area (Å²) in [5.74, 6) is 0. The molecule has 4 saturated heterocycles. The molecule has 2 atom stereocenters. The molecule has 4 rings (SSSR count). The second kappa shape index (κ2) is 8.40. The van der Waals surface area contributed by atoms with Crippen LogP contribution in [0.1, 0.15) is 13.8 Å². The topological polar surface area (TPSA) is 72.0 Å². The molecular formula is C18H32N6O4. The van der Waals surface area contributed by atoms with Gasteiger partial charge in [-0.2, -0.15) is 0 Å². The van der Waals surface area contributed by atoms with Crippen molar-refractivity contribution >= 4 is 12.1 Å². The molecule has 0 bridgehead atoms. The van der Waals surface area contributed by atoms with Crippen molar-refractivity contribution in [2.75, 3.05) is 79.0 Å². The van der Waals surface area contributed by atoms with Crippen molar-refractivity contribution < 1.29 is 19.1 Å². The summed E-state index contributed by atoms with van der Waals surface area (Å²) in [6.07, 6.45) is -0.484. The summed E-state index contributed by atoms with van der Waals surface area (Å²) in [5, 5.41) is 0. The first-order valence-electron chi connectivity index (χ1n) is 10.4. The zero-order valence-corrected chi connectivity index (χ0v) is 17.0. The van der Waals surface area contributed by atoms with E-state index in [1.165, 1.54) is 0 Å². The summed E-state index contributed by atoms with van der Waals surface area (Å²) in [7, 11) is 0. The summed E-state index contributed by atoms with van der Waals surface area (Å²) in [6.45, 7) is 12.2. The maximum Gasteiger partial charge on any atom is 0.324 e. The van der Waals surface area contributed by atoms with E-state index in [2.05, 4.69) is 9.80 Å². The van der Waals surface area contributed by atoms with Crippen LogP contribution in [0, 0.1) is 0 Å². The molecule has 28 heavy (non-hydrogen) atoms. The summed E-state index contributed by atoms with van der Waals surface area (Å²) in [4.78, 5) is 38.4. The van der Waals surface area contributed by atoms with Crippen LogP contribution in [0.2, 0.25) is 0 Å². The number of carbonyl (C=O) groups is 2. The Balaban J connectivity index is 1.56. The third-order valence-corrected chi connectivity index (χ3v) is 6.12. The van der Waals surface area contributed by atoms with Crippen LogP contribution < -0.4 is 0 Å². The molecule has 4 heterocycles. The Bertz CT molecular complexity index is 530. The van der Waals surface area contributed by atoms with Gasteiger partial charge in [0.05, 0.1) is 39.8 Å². The third kappa shape index (κ3) is 3.42. The number of nitrogens with zero attached hydrogens (tertiary/aromatic N) is 6. The van der Waals surface area contributed by atoms with E-state index in [1.54, 1.807) is 0 Å². The minimum atomic E-state index is -0.242. The highest BCUT2D eigenvalue weighted by atomic mass is 16.5. The Hall–Kier alpha value is -1.62. The van der Waals surface area contributed by atoms with Gasteiger partial charge in [-0.1, -0.05) is 0 Å². The van der Waals surface area contributed by atoms with Crippen LogP contribution in [0.3, 0.4) is 0 Å². The van der Waals surface area contributed by atoms with Gasteiger partial charge >= 0.3 is 12.1 Å². The van der Waals surface area contributed by atoms with Gasteiger partial charge in [-0.15, -0.1) is 0 Å². The average Bonchev–Trinajstić information content (AvgIpc) is 3.14. The molecule has 0 radical (unpaired) electrons. The Labute approximate surface area is 166 Å². The molecule has 0 spiro atoms. The van der Waals surface area contributed by atoms with E-state index in [-0.39, 0.29) is 24.4 Å². The second-order valence-corrected chi connectivity index (χ2v) is 7.65. The first-order valence-corrected chi connectivity index (χ1v) is 10.4. The van der Waals surface area contributed by atoms with E-state index in [0.29, 0.717) is 52.9 Å². The zero-order valence-electron chi connectivity index (χ0n) is 17.0. The maximum atomic E-state index is 13.2. The lowest BCUT2D eigenvalue weighted by atomic mass is 10.3. The summed E-state index contributed by atoms with van der Waals surface area (Å²) < 4.78 is 10.9. The van der Waals surface area contributed by atoms with Crippen LogP contribution in [0.25, 0.3) is 0 Å². The van der Waals surface area contributed by atoms with Crippen molar-refractivity contribution in [2.24, 2.45) is 0 Å². The van der Waals surface area contributed by atoms with Gasteiger partial charge in [0.15, 0.2) is 12.3 Å². The quantitative estimate of drug-likeness (QED) is 0.616. The molecule has 4 amide bonds. The van der Waals surface area contributed by atoms with Gasteiger partial charge < -0.3 is 19.3 Å². The lowest BCUT2D eigenvalue weighted by Crippen LogP contribution is -2.52. The number of hydrogen-bond acceptors (Lipinski definition) is 6. The molecular weight excluding hydrogens is 364 g/mol. The average molecular weight is 396 g/mol. The van der Waals surface area contributed by atoms with Crippen LogP contribution in [-0.2, 0) is 9.47 Å². The monoisotopic (exact) mass is 396 g/mol. The van der Waals surface area contributed by atoms with Gasteiger partial charge in [0.1, 0.15) is 0 Å². The Morgan fingerprint density at radius 3 is 1.36 bits per heavy atom. The fourth-order valence-corrected chi connectivity index (χ4v) is 4.61. The van der Waals surface area contributed by atoms with E-state index >= 15 is 0 Å². The fourth-order valence-electron chi connectivity index (χ4n) is 4.61. The molecule has 0 aromatic carbocycles. The molecule has 0 saturated carbocycles. The highest BCUT2D eigenvalue weighted by Crippen LogP contribution is 2.35. The Morgan fingerprint density at radius 2 is 1.04 bits per heavy atom. The van der Waals surface area contributed by atoms with Gasteiger partial charge in [0.25, 0.3) is 0 Å². The van der Waals surface area contributed by atoms with Gasteiger partial charge in [-0.05, 0) is 13.8 Å². The Kier molecular flexibility index (Phi) is 5.91. The van der Waals surface area contributed by atoms with Crippen molar-refractivity contribution in [3.05, 3.63) is 0 Å². The first-order chi connectivity index (χ1) is 13.7. The zero-order chi connectivity index (χ0) is 19.7. The lowest BCUT2D eigenvalue weighted by Gasteiger charge is -2.35. The molecule has 0 aliphatic carbocycles. The van der Waals surface area contributed by atoms with Crippen LogP contribution in [0.15, 0.2) is 0 Å². The van der Waals surface area contributed by atoms with E-state index in [4.69, 9.17) is 9.47 Å². The van der Waals surface area contributed by atoms with Gasteiger partial charge in [-0.3, -0.25) is 19.6 Å². The molecule has 10 nitrogen and oxygen atoms in total. The molecule has 0 aromatic heterocycles. The third-order valence-electron chi connectivity index (χ3n) is 6.12. The van der Waals surface area contributed by atoms with Crippen LogP contribution in [0.5, 0.6) is 0 Å². The number of ether oxygens (including phenoxy) is 2. The first kappa shape index (κ1) is 19.7. The predicted octanol–water partition coefficient (Wildman–Crippen LogP) is -0.267. The highest BCUT2D eigenvalue weighted by molar-refractivity contribution is 5.85. The van der Waals surface area contributed by atoms with Gasteiger partial charge in [-0.25, -0.2) is 9.59 Å². The van der Waals surface area contributed by atoms with Gasteiger partial charge in [0.2, 0.25) is 0 Å². The van der Waals surface area contributed by atoms with Crippen molar-refractivity contribution in [3.8, 4) is 0 Å². The predicted molar refractivity (Wildman–Crippen MR) is 101 cm³/mol. The Morgan fingerprint density at radius 1 is 0.679 bits per heavy atom. The number of hydrogen-bond donors (Lipinski definition) is 0. The van der Waals surface area contributed by atoms with Crippen molar-refractivity contribution in [3.63, 3.8) is 0 Å². The molecule has 4 aliphatic rings. The van der Waals surface area contributed by atoms with E-state index in [0.717, 1.165) is 26.2 Å². The number of rotatable bonds is 6.